The van der Waals surface area contributed by atoms with E-state index in [0.717, 1.165) is 39.4 Å². The molecule has 0 fully saturated rings. The summed E-state index contributed by atoms with van der Waals surface area (Å²) in [6, 6.07) is 81.8. The summed E-state index contributed by atoms with van der Waals surface area (Å²) in [6.07, 6.45) is 0. The van der Waals surface area contributed by atoms with Gasteiger partial charge in [-0.25, -0.2) is 9.78 Å². The lowest BCUT2D eigenvalue weighted by Crippen LogP contribution is -2.40. The number of hydrogen-bond donors (Lipinski definition) is 0. The molecule has 69 heavy (non-hydrogen) atoms. The van der Waals surface area contributed by atoms with Crippen molar-refractivity contribution < 1.29 is 4.68 Å². The highest BCUT2D eigenvalue weighted by Gasteiger charge is 2.26. The first-order valence-electron chi connectivity index (χ1n) is 23.5. The number of fused-ring (bicyclic) bond motifs is 12. The summed E-state index contributed by atoms with van der Waals surface area (Å²) < 4.78 is 9.43. The number of nitrogens with zero attached hydrogens (tertiary/aromatic N) is 5. The molecule has 0 aliphatic carbocycles. The highest BCUT2D eigenvalue weighted by atomic mass is 32.1. The lowest BCUT2D eigenvalue weighted by molar-refractivity contribution is -0.737. The van der Waals surface area contributed by atoms with Crippen LogP contribution in [0.15, 0.2) is 224 Å². The molecule has 0 aliphatic rings. The Morgan fingerprint density at radius 3 is 1.77 bits per heavy atom. The molecule has 0 atom stereocenters. The Balaban J connectivity index is 1.00. The van der Waals surface area contributed by atoms with Crippen LogP contribution in [0.5, 0.6) is 0 Å². The molecule has 0 bridgehead atoms. The van der Waals surface area contributed by atoms with Crippen molar-refractivity contribution in [3.8, 4) is 34.2 Å². The third-order valence-electron chi connectivity index (χ3n) is 14.2. The molecule has 0 saturated heterocycles. The number of aromatic nitrogens is 5. The van der Waals surface area contributed by atoms with Gasteiger partial charge in [0.05, 0.1) is 33.3 Å². The molecular formula is C63H39N5S. The molecule has 0 N–H and O–H groups in total. The van der Waals surface area contributed by atoms with Crippen LogP contribution in [0.25, 0.3) is 130 Å². The van der Waals surface area contributed by atoms with Crippen molar-refractivity contribution in [2.75, 3.05) is 0 Å². The fraction of sp³-hybridized carbons (Fsp3) is 0.0159. The Labute approximate surface area is 400 Å². The van der Waals surface area contributed by atoms with Crippen molar-refractivity contribution in [3.05, 3.63) is 230 Å². The maximum absolute atomic E-state index is 5.60. The van der Waals surface area contributed by atoms with Gasteiger partial charge in [-0.1, -0.05) is 146 Å². The molecule has 4 aromatic heterocycles. The molecule has 4 heterocycles. The molecule has 15 rings (SSSR count). The van der Waals surface area contributed by atoms with Crippen molar-refractivity contribution >= 4 is 107 Å². The predicted octanol–water partition coefficient (Wildman–Crippen LogP) is 15.7. The van der Waals surface area contributed by atoms with E-state index in [2.05, 4.69) is 238 Å². The fourth-order valence-corrected chi connectivity index (χ4v) is 12.2. The molecule has 0 spiro atoms. The Hall–Kier alpha value is -8.84. The predicted molar refractivity (Wildman–Crippen MR) is 288 cm³/mol. The summed E-state index contributed by atoms with van der Waals surface area (Å²) in [5, 5.41) is 20.2. The van der Waals surface area contributed by atoms with Gasteiger partial charge in [-0.3, -0.25) is 0 Å². The smallest absolute Gasteiger partial charge is 0.309 e. The van der Waals surface area contributed by atoms with Crippen molar-refractivity contribution in [2.24, 2.45) is 0 Å². The topological polar surface area (TPSA) is 40.7 Å². The summed E-state index contributed by atoms with van der Waals surface area (Å²) >= 11 is 1.85. The molecule has 0 aliphatic heterocycles. The molecule has 0 radical (unpaired) electrons. The van der Waals surface area contributed by atoms with Crippen LogP contribution in [-0.2, 0) is 6.54 Å². The van der Waals surface area contributed by atoms with Crippen LogP contribution in [0.2, 0.25) is 0 Å². The van der Waals surface area contributed by atoms with Crippen LogP contribution in [0.4, 0.5) is 0 Å². The Bertz CT molecular complexity index is 4590. The van der Waals surface area contributed by atoms with Gasteiger partial charge in [-0.05, 0) is 122 Å². The maximum Gasteiger partial charge on any atom is 0.334 e. The highest BCUT2D eigenvalue weighted by molar-refractivity contribution is 7.26. The Morgan fingerprint density at radius 1 is 0.406 bits per heavy atom. The number of rotatable bonds is 6. The summed E-state index contributed by atoms with van der Waals surface area (Å²) in [6.45, 7) is 0.553. The third kappa shape index (κ3) is 5.96. The van der Waals surface area contributed by atoms with Gasteiger partial charge < -0.3 is 9.13 Å². The molecule has 11 aromatic carbocycles. The van der Waals surface area contributed by atoms with Crippen LogP contribution in [0.1, 0.15) is 5.56 Å². The van der Waals surface area contributed by atoms with E-state index in [1.54, 1.807) is 0 Å². The normalized spacial score (nSPS) is 12.1. The number of para-hydroxylation sites is 3. The first kappa shape index (κ1) is 38.3. The van der Waals surface area contributed by atoms with E-state index in [1.807, 2.05) is 11.3 Å². The third-order valence-corrected chi connectivity index (χ3v) is 15.3. The maximum atomic E-state index is 5.60. The second-order valence-corrected chi connectivity index (χ2v) is 19.3. The van der Waals surface area contributed by atoms with E-state index in [9.17, 15) is 0 Å². The molecule has 0 unspecified atom stereocenters. The first-order chi connectivity index (χ1) is 34.2. The molecule has 5 nitrogen and oxygen atoms in total. The molecule has 322 valence electrons. The second kappa shape index (κ2) is 14.8. The summed E-state index contributed by atoms with van der Waals surface area (Å²) in [5.74, 6) is 1.50. The zero-order chi connectivity index (χ0) is 45.2. The molecular weight excluding hydrogens is 859 g/mol. The zero-order valence-electron chi connectivity index (χ0n) is 37.2. The molecule has 0 saturated carbocycles. The van der Waals surface area contributed by atoms with Crippen LogP contribution < -0.4 is 9.78 Å². The average Bonchev–Trinajstić information content (AvgIpc) is 4.16. The van der Waals surface area contributed by atoms with E-state index >= 15 is 0 Å². The van der Waals surface area contributed by atoms with Crippen molar-refractivity contribution in [3.63, 3.8) is 0 Å². The summed E-state index contributed by atoms with van der Waals surface area (Å²) in [5.41, 5.74) is 10.0. The monoisotopic (exact) mass is 897 g/mol. The van der Waals surface area contributed by atoms with Gasteiger partial charge in [0.25, 0.3) is 0 Å². The quantitative estimate of drug-likeness (QED) is 0.156. The van der Waals surface area contributed by atoms with Crippen molar-refractivity contribution in [1.29, 1.82) is 0 Å². The van der Waals surface area contributed by atoms with Gasteiger partial charge in [0.2, 0.25) is 5.82 Å². The number of hydrogen-bond acceptors (Lipinski definition) is 2. The summed E-state index contributed by atoms with van der Waals surface area (Å²) in [7, 11) is 0. The van der Waals surface area contributed by atoms with Gasteiger partial charge in [-0.2, -0.15) is 0 Å². The minimum Gasteiger partial charge on any atom is -0.309 e. The SMILES string of the molecule is c1ccc(-n2c3ccccc3c3ccc(-c4nc(-c5cc(-n6c7ccccc7c7cc8ccccc8cc76)c6c(c5)sc5cc7ccccc7cc56)[n-][n+]4Cc4ccc5ccccc5c4)cc32)cc1. The van der Waals surface area contributed by atoms with Crippen molar-refractivity contribution in [1.82, 2.24) is 19.2 Å². The van der Waals surface area contributed by atoms with Gasteiger partial charge in [0.15, 0.2) is 0 Å². The number of thiophene rings is 1. The van der Waals surface area contributed by atoms with Crippen molar-refractivity contribution in [2.45, 2.75) is 6.54 Å². The van der Waals surface area contributed by atoms with E-state index in [-0.39, 0.29) is 0 Å². The minimum atomic E-state index is 0.553. The van der Waals surface area contributed by atoms with Gasteiger partial charge in [0, 0.05) is 53.0 Å². The van der Waals surface area contributed by atoms with Crippen LogP contribution in [0, 0.1) is 0 Å². The largest absolute Gasteiger partial charge is 0.334 e. The minimum absolute atomic E-state index is 0.553. The van der Waals surface area contributed by atoms with Gasteiger partial charge >= 0.3 is 5.82 Å². The molecule has 6 heteroatoms. The number of benzene rings is 11. The second-order valence-electron chi connectivity index (χ2n) is 18.3. The Morgan fingerprint density at radius 2 is 1.00 bits per heavy atom. The van der Waals surface area contributed by atoms with E-state index in [4.69, 9.17) is 10.1 Å². The molecule has 0 amide bonds. The van der Waals surface area contributed by atoms with Crippen LogP contribution in [-0.4, -0.2) is 14.1 Å². The highest BCUT2D eigenvalue weighted by Crippen LogP contribution is 2.45. The van der Waals surface area contributed by atoms with Gasteiger partial charge in [0.1, 0.15) is 6.54 Å². The average molecular weight is 898 g/mol. The van der Waals surface area contributed by atoms with Crippen LogP contribution in [0.3, 0.4) is 0 Å². The lowest BCUT2D eigenvalue weighted by atomic mass is 10.0. The zero-order valence-corrected chi connectivity index (χ0v) is 38.0. The molecule has 15 aromatic rings. The van der Waals surface area contributed by atoms with Gasteiger partial charge in [-0.15, -0.1) is 11.3 Å². The van der Waals surface area contributed by atoms with Crippen LogP contribution >= 0.6 is 11.3 Å². The lowest BCUT2D eigenvalue weighted by Gasteiger charge is -2.12. The van der Waals surface area contributed by atoms with E-state index in [1.165, 1.54) is 90.6 Å². The Kier molecular flexibility index (Phi) is 8.23. The standard InChI is InChI=1S/C63H39N5S/c1-2-20-48(21-3-1)67-54-24-12-10-22-49(54)51-29-28-46(34-56(51)67)63-64-62(65-66(63)38-39-26-27-40-14-4-5-15-41(40)30-39)47-35-58(61-53-32-43-17-7-9-19-45(43)36-59(53)69-60(61)37-47)68-55-25-13-11-23-50(55)52-31-42-16-6-8-18-44(42)33-57(52)68/h1-37H,38H2. The van der Waals surface area contributed by atoms with E-state index < -0.39 is 0 Å². The summed E-state index contributed by atoms with van der Waals surface area (Å²) in [4.78, 5) is 5.60. The first-order valence-corrected chi connectivity index (χ1v) is 24.3. The van der Waals surface area contributed by atoms with E-state index in [0.29, 0.717) is 12.4 Å². The fourth-order valence-electron chi connectivity index (χ4n) is 11.1.